The number of carbonyl (C=O) groups is 3. The lowest BCUT2D eigenvalue weighted by molar-refractivity contribution is -0.151. The molecule has 1 aliphatic heterocycles. The highest BCUT2D eigenvalue weighted by Crippen LogP contribution is 2.28. The highest BCUT2D eigenvalue weighted by atomic mass is 16.5. The molecule has 0 saturated carbocycles. The second-order valence-electron chi connectivity index (χ2n) is 8.04. The van der Waals surface area contributed by atoms with Gasteiger partial charge in [-0.15, -0.1) is 0 Å². The maximum absolute atomic E-state index is 13.0. The topological polar surface area (TPSA) is 79.5 Å². The summed E-state index contributed by atoms with van der Waals surface area (Å²) in [5, 5.41) is 0.811. The van der Waals surface area contributed by atoms with Gasteiger partial charge >= 0.3 is 5.97 Å². The van der Waals surface area contributed by atoms with Crippen LogP contribution in [0.25, 0.3) is 10.9 Å². The molecular weight excluding hydrogens is 392 g/mol. The number of amides is 1. The van der Waals surface area contributed by atoms with E-state index in [-0.39, 0.29) is 24.7 Å². The van der Waals surface area contributed by atoms with Crippen LogP contribution < -0.4 is 4.90 Å². The lowest BCUT2D eigenvalue weighted by Crippen LogP contribution is -2.30. The van der Waals surface area contributed by atoms with Gasteiger partial charge in [0.25, 0.3) is 0 Å². The van der Waals surface area contributed by atoms with Crippen LogP contribution in [0, 0.1) is 12.8 Å². The average molecular weight is 418 g/mol. The van der Waals surface area contributed by atoms with Crippen LogP contribution in [-0.2, 0) is 20.7 Å². The fourth-order valence-corrected chi connectivity index (χ4v) is 4.15. The van der Waals surface area contributed by atoms with Crippen LogP contribution >= 0.6 is 0 Å². The van der Waals surface area contributed by atoms with E-state index in [0.29, 0.717) is 5.56 Å². The average Bonchev–Trinajstić information content (AvgIpc) is 3.32. The SMILES string of the molecule is CCc1ccc(N2C[C@H](C(=O)O[C@H](C)C(=O)c3c(C)[nH]c4ccccc34)CC2=O)cc1. The molecule has 1 saturated heterocycles. The molecule has 1 aromatic heterocycles. The smallest absolute Gasteiger partial charge is 0.312 e. The molecule has 3 aromatic rings. The Morgan fingerprint density at radius 1 is 1.16 bits per heavy atom. The molecule has 2 atom stereocenters. The predicted octanol–water partition coefficient (Wildman–Crippen LogP) is 4.21. The lowest BCUT2D eigenvalue weighted by atomic mass is 10.0. The number of rotatable bonds is 6. The van der Waals surface area contributed by atoms with Crippen molar-refractivity contribution in [3.05, 3.63) is 65.4 Å². The van der Waals surface area contributed by atoms with E-state index in [9.17, 15) is 14.4 Å². The highest BCUT2D eigenvalue weighted by molar-refractivity contribution is 6.11. The van der Waals surface area contributed by atoms with Crippen molar-refractivity contribution in [1.29, 1.82) is 0 Å². The van der Waals surface area contributed by atoms with Crippen LogP contribution in [0.4, 0.5) is 5.69 Å². The molecular formula is C25H26N2O4. The highest BCUT2D eigenvalue weighted by Gasteiger charge is 2.37. The maximum atomic E-state index is 13.0. The number of anilines is 1. The van der Waals surface area contributed by atoms with Gasteiger partial charge in [0.1, 0.15) is 0 Å². The molecule has 160 valence electrons. The van der Waals surface area contributed by atoms with Crippen LogP contribution in [0.3, 0.4) is 0 Å². The minimum absolute atomic E-state index is 0.0847. The van der Waals surface area contributed by atoms with Crippen molar-refractivity contribution in [2.75, 3.05) is 11.4 Å². The van der Waals surface area contributed by atoms with Gasteiger partial charge in [-0.3, -0.25) is 14.4 Å². The number of nitrogens with zero attached hydrogens (tertiary/aromatic N) is 1. The molecule has 0 bridgehead atoms. The molecule has 0 spiro atoms. The van der Waals surface area contributed by atoms with Gasteiger partial charge in [0, 0.05) is 40.8 Å². The zero-order chi connectivity index (χ0) is 22.1. The summed E-state index contributed by atoms with van der Waals surface area (Å²) in [6.07, 6.45) is 0.0743. The van der Waals surface area contributed by atoms with Gasteiger partial charge in [0.05, 0.1) is 5.92 Å². The standard InChI is InChI=1S/C25H26N2O4/c1-4-17-9-11-19(12-10-17)27-14-18(13-22(27)28)25(30)31-16(3)24(29)23-15(2)26-21-8-6-5-7-20(21)23/h5-12,16,18,26H,4,13-14H2,1-3H3/t16-,18-/m1/s1. The van der Waals surface area contributed by atoms with E-state index < -0.39 is 18.0 Å². The third-order valence-electron chi connectivity index (χ3n) is 5.92. The third-order valence-corrected chi connectivity index (χ3v) is 5.92. The van der Waals surface area contributed by atoms with E-state index in [0.717, 1.165) is 28.7 Å². The first-order chi connectivity index (χ1) is 14.9. The van der Waals surface area contributed by atoms with Crippen LogP contribution in [-0.4, -0.2) is 35.3 Å². The number of esters is 1. The Kier molecular flexibility index (Phi) is 5.63. The molecule has 4 rings (SSSR count). The molecule has 1 fully saturated rings. The Morgan fingerprint density at radius 3 is 2.58 bits per heavy atom. The number of nitrogens with one attached hydrogen (secondary N) is 1. The molecule has 1 amide bonds. The number of aromatic amines is 1. The number of H-pyrrole nitrogens is 1. The molecule has 31 heavy (non-hydrogen) atoms. The number of benzene rings is 2. The summed E-state index contributed by atoms with van der Waals surface area (Å²) in [5.74, 6) is -1.46. The van der Waals surface area contributed by atoms with Gasteiger partial charge in [-0.25, -0.2) is 0 Å². The van der Waals surface area contributed by atoms with Crippen molar-refractivity contribution in [3.63, 3.8) is 0 Å². The number of aromatic nitrogens is 1. The Morgan fingerprint density at radius 2 is 1.87 bits per heavy atom. The quantitative estimate of drug-likeness (QED) is 0.480. The molecule has 2 aromatic carbocycles. The number of ketones is 1. The largest absolute Gasteiger partial charge is 0.454 e. The molecule has 0 radical (unpaired) electrons. The number of hydrogen-bond acceptors (Lipinski definition) is 4. The van der Waals surface area contributed by atoms with Crippen LogP contribution in [0.2, 0.25) is 0 Å². The summed E-state index contributed by atoms with van der Waals surface area (Å²) < 4.78 is 5.51. The van der Waals surface area contributed by atoms with Gasteiger partial charge < -0.3 is 14.6 Å². The monoisotopic (exact) mass is 418 g/mol. The molecule has 6 nitrogen and oxygen atoms in total. The van der Waals surface area contributed by atoms with E-state index in [4.69, 9.17) is 4.74 Å². The molecule has 0 unspecified atom stereocenters. The zero-order valence-electron chi connectivity index (χ0n) is 18.0. The number of para-hydroxylation sites is 1. The van der Waals surface area contributed by atoms with Crippen molar-refractivity contribution < 1.29 is 19.1 Å². The Hall–Kier alpha value is -3.41. The van der Waals surface area contributed by atoms with Crippen LogP contribution in [0.5, 0.6) is 0 Å². The fourth-order valence-electron chi connectivity index (χ4n) is 4.15. The zero-order valence-corrected chi connectivity index (χ0v) is 18.0. The number of ether oxygens (including phenoxy) is 1. The summed E-state index contributed by atoms with van der Waals surface area (Å²) >= 11 is 0. The lowest BCUT2D eigenvalue weighted by Gasteiger charge is -2.18. The molecule has 6 heteroatoms. The van der Waals surface area contributed by atoms with E-state index in [1.54, 1.807) is 11.8 Å². The summed E-state index contributed by atoms with van der Waals surface area (Å²) in [7, 11) is 0. The first-order valence-electron chi connectivity index (χ1n) is 10.6. The maximum Gasteiger partial charge on any atom is 0.312 e. The summed E-state index contributed by atoms with van der Waals surface area (Å²) in [6.45, 7) is 5.75. The number of Topliss-reactive ketones (excluding diaryl/α,β-unsaturated/α-hetero) is 1. The predicted molar refractivity (Wildman–Crippen MR) is 119 cm³/mol. The molecule has 1 N–H and O–H groups in total. The molecule has 1 aliphatic rings. The van der Waals surface area contributed by atoms with Crippen LogP contribution in [0.1, 0.15) is 41.9 Å². The van der Waals surface area contributed by atoms with E-state index >= 15 is 0 Å². The normalized spacial score (nSPS) is 17.2. The number of aryl methyl sites for hydroxylation is 2. The van der Waals surface area contributed by atoms with Crippen molar-refractivity contribution in [3.8, 4) is 0 Å². The summed E-state index contributed by atoms with van der Waals surface area (Å²) in [4.78, 5) is 43.1. The fraction of sp³-hybridized carbons (Fsp3) is 0.320. The first kappa shape index (κ1) is 20.8. The minimum Gasteiger partial charge on any atom is -0.454 e. The second-order valence-corrected chi connectivity index (χ2v) is 8.04. The Labute approximate surface area is 181 Å². The van der Waals surface area contributed by atoms with Gasteiger partial charge in [-0.05, 0) is 44.0 Å². The minimum atomic E-state index is -0.932. The number of carbonyl (C=O) groups excluding carboxylic acids is 3. The van der Waals surface area contributed by atoms with Gasteiger partial charge in [-0.1, -0.05) is 37.3 Å². The molecule has 2 heterocycles. The van der Waals surface area contributed by atoms with E-state index in [1.165, 1.54) is 5.56 Å². The van der Waals surface area contributed by atoms with Crippen molar-refractivity contribution in [2.45, 2.75) is 39.7 Å². The second kappa shape index (κ2) is 8.38. The Bertz CT molecular complexity index is 1150. The van der Waals surface area contributed by atoms with Gasteiger partial charge in [-0.2, -0.15) is 0 Å². The van der Waals surface area contributed by atoms with Crippen molar-refractivity contribution in [1.82, 2.24) is 4.98 Å². The van der Waals surface area contributed by atoms with Crippen molar-refractivity contribution >= 4 is 34.3 Å². The summed E-state index contributed by atoms with van der Waals surface area (Å²) in [5.41, 5.74) is 4.11. The third kappa shape index (κ3) is 3.98. The van der Waals surface area contributed by atoms with E-state index in [1.807, 2.05) is 55.5 Å². The van der Waals surface area contributed by atoms with Gasteiger partial charge in [0.2, 0.25) is 11.7 Å². The van der Waals surface area contributed by atoms with Crippen LogP contribution in [0.15, 0.2) is 48.5 Å². The van der Waals surface area contributed by atoms with Crippen molar-refractivity contribution in [2.24, 2.45) is 5.92 Å². The van der Waals surface area contributed by atoms with Gasteiger partial charge in [0.15, 0.2) is 6.10 Å². The molecule has 0 aliphatic carbocycles. The first-order valence-corrected chi connectivity index (χ1v) is 10.6. The number of fused-ring (bicyclic) bond motifs is 1. The number of hydrogen-bond donors (Lipinski definition) is 1. The summed E-state index contributed by atoms with van der Waals surface area (Å²) in [6, 6.07) is 15.3. The Balaban J connectivity index is 1.44. The van der Waals surface area contributed by atoms with E-state index in [2.05, 4.69) is 11.9 Å².